The standard InChI is InChI=1S/C27H31FOS/c1-20(2)30-24-15-13-22(14-16-24)27(3,4)18-8-9-21-12-17-25(28)26(19-21)29-23-10-6-5-7-11-23/h5-7,10-17,19-20H,8-9,18H2,1-4H3. The van der Waals surface area contributed by atoms with Crippen molar-refractivity contribution in [1.82, 2.24) is 0 Å². The van der Waals surface area contributed by atoms with Gasteiger partial charge in [0.05, 0.1) is 0 Å². The smallest absolute Gasteiger partial charge is 0.165 e. The van der Waals surface area contributed by atoms with E-state index in [-0.39, 0.29) is 17.0 Å². The molecule has 0 fully saturated rings. The van der Waals surface area contributed by atoms with E-state index < -0.39 is 0 Å². The van der Waals surface area contributed by atoms with E-state index in [9.17, 15) is 4.39 Å². The highest BCUT2D eigenvalue weighted by Gasteiger charge is 2.20. The summed E-state index contributed by atoms with van der Waals surface area (Å²) in [5, 5.41) is 0.593. The van der Waals surface area contributed by atoms with Crippen molar-refractivity contribution in [3.63, 3.8) is 0 Å². The maximum absolute atomic E-state index is 14.2. The second-order valence-corrected chi connectivity index (χ2v) is 10.3. The molecule has 0 spiro atoms. The molecule has 30 heavy (non-hydrogen) atoms. The SMILES string of the molecule is CC(C)Sc1ccc(C(C)(C)CCCc2ccc(F)c(Oc3ccccc3)c2)cc1. The predicted molar refractivity (Wildman–Crippen MR) is 126 cm³/mol. The van der Waals surface area contributed by atoms with E-state index in [1.807, 2.05) is 54.2 Å². The van der Waals surface area contributed by atoms with Crippen LogP contribution in [-0.4, -0.2) is 5.25 Å². The Bertz CT molecular complexity index is 933. The number of ether oxygens (including phenoxy) is 1. The van der Waals surface area contributed by atoms with Gasteiger partial charge in [-0.2, -0.15) is 0 Å². The van der Waals surface area contributed by atoms with Crippen molar-refractivity contribution in [1.29, 1.82) is 0 Å². The van der Waals surface area contributed by atoms with E-state index in [4.69, 9.17) is 4.74 Å². The van der Waals surface area contributed by atoms with Gasteiger partial charge in [-0.15, -0.1) is 11.8 Å². The zero-order chi connectivity index (χ0) is 21.6. The first-order valence-corrected chi connectivity index (χ1v) is 11.5. The van der Waals surface area contributed by atoms with E-state index in [1.54, 1.807) is 0 Å². The van der Waals surface area contributed by atoms with E-state index in [0.717, 1.165) is 24.8 Å². The Hall–Kier alpha value is -2.26. The van der Waals surface area contributed by atoms with E-state index in [0.29, 0.717) is 11.0 Å². The molecule has 0 saturated heterocycles. The Morgan fingerprint density at radius 1 is 0.933 bits per heavy atom. The molecule has 0 radical (unpaired) electrons. The maximum Gasteiger partial charge on any atom is 0.165 e. The summed E-state index contributed by atoms with van der Waals surface area (Å²) in [6.45, 7) is 9.03. The number of hydrogen-bond donors (Lipinski definition) is 0. The zero-order valence-corrected chi connectivity index (χ0v) is 19.1. The third-order valence-electron chi connectivity index (χ3n) is 5.24. The minimum absolute atomic E-state index is 0.102. The van der Waals surface area contributed by atoms with Gasteiger partial charge in [-0.1, -0.05) is 64.1 Å². The Balaban J connectivity index is 1.59. The molecule has 0 heterocycles. The molecule has 0 bridgehead atoms. The lowest BCUT2D eigenvalue weighted by Crippen LogP contribution is -2.17. The molecule has 0 unspecified atom stereocenters. The molecule has 0 aliphatic rings. The Morgan fingerprint density at radius 2 is 1.63 bits per heavy atom. The van der Waals surface area contributed by atoms with Crippen LogP contribution in [0, 0.1) is 5.82 Å². The van der Waals surface area contributed by atoms with Gasteiger partial charge in [-0.3, -0.25) is 0 Å². The topological polar surface area (TPSA) is 9.23 Å². The third-order valence-corrected chi connectivity index (χ3v) is 6.26. The van der Waals surface area contributed by atoms with Crippen LogP contribution < -0.4 is 4.74 Å². The zero-order valence-electron chi connectivity index (χ0n) is 18.3. The molecule has 0 saturated carbocycles. The molecule has 3 aromatic rings. The highest BCUT2D eigenvalue weighted by atomic mass is 32.2. The third kappa shape index (κ3) is 6.37. The van der Waals surface area contributed by atoms with Crippen LogP contribution >= 0.6 is 11.8 Å². The lowest BCUT2D eigenvalue weighted by atomic mass is 9.80. The van der Waals surface area contributed by atoms with E-state index >= 15 is 0 Å². The van der Waals surface area contributed by atoms with Crippen molar-refractivity contribution in [2.75, 3.05) is 0 Å². The minimum Gasteiger partial charge on any atom is -0.454 e. The maximum atomic E-state index is 14.2. The van der Waals surface area contributed by atoms with Crippen molar-refractivity contribution in [3.8, 4) is 11.5 Å². The summed E-state index contributed by atoms with van der Waals surface area (Å²) in [4.78, 5) is 1.32. The number of benzene rings is 3. The highest BCUT2D eigenvalue weighted by molar-refractivity contribution is 7.99. The number of para-hydroxylation sites is 1. The summed E-state index contributed by atoms with van der Waals surface area (Å²) in [6.07, 6.45) is 3.00. The lowest BCUT2D eigenvalue weighted by molar-refractivity contribution is 0.439. The fourth-order valence-electron chi connectivity index (χ4n) is 3.53. The van der Waals surface area contributed by atoms with Gasteiger partial charge in [-0.25, -0.2) is 4.39 Å². The normalized spacial score (nSPS) is 11.7. The molecule has 1 nitrogen and oxygen atoms in total. The Morgan fingerprint density at radius 3 is 2.30 bits per heavy atom. The molecule has 0 aromatic heterocycles. The van der Waals surface area contributed by atoms with E-state index in [1.165, 1.54) is 16.5 Å². The summed E-state index contributed by atoms with van der Waals surface area (Å²) in [6, 6.07) is 23.5. The quantitative estimate of drug-likeness (QED) is 0.320. The van der Waals surface area contributed by atoms with Crippen molar-refractivity contribution in [3.05, 3.63) is 89.7 Å². The Labute approximate surface area is 184 Å². The predicted octanol–water partition coefficient (Wildman–Crippen LogP) is 8.42. The van der Waals surface area contributed by atoms with Gasteiger partial charge in [0.15, 0.2) is 11.6 Å². The van der Waals surface area contributed by atoms with Crippen molar-refractivity contribution in [2.45, 2.75) is 62.5 Å². The fourth-order valence-corrected chi connectivity index (χ4v) is 4.37. The molecule has 158 valence electrons. The van der Waals surface area contributed by atoms with Crippen LogP contribution in [0.4, 0.5) is 4.39 Å². The molecule has 0 N–H and O–H groups in total. The summed E-state index contributed by atoms with van der Waals surface area (Å²) in [7, 11) is 0. The molecule has 3 heteroatoms. The number of thioether (sulfide) groups is 1. The summed E-state index contributed by atoms with van der Waals surface area (Å²) in [5.41, 5.74) is 2.56. The molecular weight excluding hydrogens is 391 g/mol. The van der Waals surface area contributed by atoms with Gasteiger partial charge in [0.25, 0.3) is 0 Å². The number of aryl methyl sites for hydroxylation is 1. The first-order valence-electron chi connectivity index (χ1n) is 10.6. The van der Waals surface area contributed by atoms with Crippen LogP contribution in [0.2, 0.25) is 0 Å². The molecule has 0 aliphatic carbocycles. The lowest BCUT2D eigenvalue weighted by Gasteiger charge is -2.25. The van der Waals surface area contributed by atoms with Gasteiger partial charge in [-0.05, 0) is 72.2 Å². The second kappa shape index (κ2) is 10.2. The minimum atomic E-state index is -0.331. The van der Waals surface area contributed by atoms with Crippen LogP contribution in [0.5, 0.6) is 11.5 Å². The molecule has 3 rings (SSSR count). The van der Waals surface area contributed by atoms with Crippen LogP contribution in [0.15, 0.2) is 77.7 Å². The van der Waals surface area contributed by atoms with E-state index in [2.05, 4.69) is 52.0 Å². The molecule has 0 atom stereocenters. The van der Waals surface area contributed by atoms with Crippen LogP contribution in [-0.2, 0) is 11.8 Å². The van der Waals surface area contributed by atoms with Crippen molar-refractivity contribution < 1.29 is 9.13 Å². The van der Waals surface area contributed by atoms with Gasteiger partial charge in [0, 0.05) is 10.1 Å². The first kappa shape index (κ1) is 22.4. The van der Waals surface area contributed by atoms with Gasteiger partial charge in [0.1, 0.15) is 5.75 Å². The number of hydrogen-bond acceptors (Lipinski definition) is 2. The summed E-state index contributed by atoms with van der Waals surface area (Å²) >= 11 is 1.89. The number of rotatable bonds is 9. The largest absolute Gasteiger partial charge is 0.454 e. The van der Waals surface area contributed by atoms with Crippen LogP contribution in [0.1, 0.15) is 51.7 Å². The molecule has 0 amide bonds. The molecular formula is C27H31FOS. The van der Waals surface area contributed by atoms with Crippen LogP contribution in [0.25, 0.3) is 0 Å². The second-order valence-electron chi connectivity index (χ2n) is 8.61. The molecule has 3 aromatic carbocycles. The van der Waals surface area contributed by atoms with Gasteiger partial charge < -0.3 is 4.74 Å². The highest BCUT2D eigenvalue weighted by Crippen LogP contribution is 2.32. The van der Waals surface area contributed by atoms with Gasteiger partial charge in [0.2, 0.25) is 0 Å². The summed E-state index contributed by atoms with van der Waals surface area (Å²) in [5.74, 6) is 0.604. The fraction of sp³-hybridized carbons (Fsp3) is 0.333. The van der Waals surface area contributed by atoms with Crippen LogP contribution in [0.3, 0.4) is 0 Å². The monoisotopic (exact) mass is 422 g/mol. The molecule has 0 aliphatic heterocycles. The van der Waals surface area contributed by atoms with Crippen molar-refractivity contribution >= 4 is 11.8 Å². The average Bonchev–Trinajstić information content (AvgIpc) is 2.71. The van der Waals surface area contributed by atoms with Gasteiger partial charge >= 0.3 is 0 Å². The van der Waals surface area contributed by atoms with Crippen molar-refractivity contribution in [2.24, 2.45) is 0 Å². The Kier molecular flexibility index (Phi) is 7.60. The first-order chi connectivity index (χ1) is 14.3. The average molecular weight is 423 g/mol. The summed E-state index contributed by atoms with van der Waals surface area (Å²) < 4.78 is 19.9. The number of halogens is 1.